The second-order valence-electron chi connectivity index (χ2n) is 5.78. The van der Waals surface area contributed by atoms with E-state index in [1.54, 1.807) is 6.92 Å². The molecule has 4 heteroatoms. The second kappa shape index (κ2) is 6.75. The van der Waals surface area contributed by atoms with Gasteiger partial charge in [0.2, 0.25) is 0 Å². The quantitative estimate of drug-likeness (QED) is 0.812. The molecule has 1 rings (SSSR count). The zero-order valence-electron chi connectivity index (χ0n) is 13.2. The van der Waals surface area contributed by atoms with Gasteiger partial charge in [-0.3, -0.25) is 4.79 Å². The summed E-state index contributed by atoms with van der Waals surface area (Å²) in [4.78, 5) is 13.7. The number of anilines is 1. The Labute approximate surface area is 121 Å². The molecule has 112 valence electrons. The van der Waals surface area contributed by atoms with Gasteiger partial charge in [0.05, 0.1) is 7.11 Å². The van der Waals surface area contributed by atoms with E-state index in [2.05, 4.69) is 44.0 Å². The van der Waals surface area contributed by atoms with Gasteiger partial charge in [-0.25, -0.2) is 0 Å². The van der Waals surface area contributed by atoms with Crippen molar-refractivity contribution in [3.05, 3.63) is 29.3 Å². The van der Waals surface area contributed by atoms with Gasteiger partial charge in [0.15, 0.2) is 0 Å². The molecule has 0 radical (unpaired) electrons. The van der Waals surface area contributed by atoms with E-state index < -0.39 is 5.54 Å². The van der Waals surface area contributed by atoms with Crippen molar-refractivity contribution in [3.63, 3.8) is 0 Å². The number of nitrogens with zero attached hydrogens (tertiary/aromatic N) is 1. The second-order valence-corrected chi connectivity index (χ2v) is 5.78. The molecule has 1 aromatic carbocycles. The van der Waals surface area contributed by atoms with E-state index in [0.717, 1.165) is 13.0 Å². The average Bonchev–Trinajstić information content (AvgIpc) is 2.36. The van der Waals surface area contributed by atoms with Crippen molar-refractivity contribution in [1.29, 1.82) is 0 Å². The van der Waals surface area contributed by atoms with Crippen molar-refractivity contribution >= 4 is 11.7 Å². The number of hydrogen-bond donors (Lipinski definition) is 1. The van der Waals surface area contributed by atoms with Crippen LogP contribution in [-0.4, -0.2) is 32.2 Å². The number of hydrogen-bond acceptors (Lipinski definition) is 4. The van der Waals surface area contributed by atoms with Crippen LogP contribution in [0.5, 0.6) is 0 Å². The lowest BCUT2D eigenvalue weighted by atomic mass is 9.97. The van der Waals surface area contributed by atoms with Crippen LogP contribution in [0.4, 0.5) is 5.69 Å². The van der Waals surface area contributed by atoms with Crippen LogP contribution in [-0.2, 0) is 9.53 Å². The van der Waals surface area contributed by atoms with Crippen LogP contribution in [0.1, 0.15) is 30.9 Å². The SMILES string of the molecule is COC(=O)C(C)(N)CCCN(C)c1cc(C)cc(C)c1. The van der Waals surface area contributed by atoms with E-state index in [1.807, 2.05) is 0 Å². The van der Waals surface area contributed by atoms with Crippen LogP contribution in [0.15, 0.2) is 18.2 Å². The predicted molar refractivity (Wildman–Crippen MR) is 83.0 cm³/mol. The Hall–Kier alpha value is -1.55. The van der Waals surface area contributed by atoms with Gasteiger partial charge in [-0.15, -0.1) is 0 Å². The van der Waals surface area contributed by atoms with Gasteiger partial charge < -0.3 is 15.4 Å². The van der Waals surface area contributed by atoms with E-state index >= 15 is 0 Å². The summed E-state index contributed by atoms with van der Waals surface area (Å²) in [6.07, 6.45) is 1.44. The van der Waals surface area contributed by atoms with Gasteiger partial charge in [0.25, 0.3) is 0 Å². The van der Waals surface area contributed by atoms with E-state index in [-0.39, 0.29) is 5.97 Å². The Kier molecular flexibility index (Phi) is 5.57. The highest BCUT2D eigenvalue weighted by Gasteiger charge is 2.28. The van der Waals surface area contributed by atoms with Crippen LogP contribution in [0.3, 0.4) is 0 Å². The number of methoxy groups -OCH3 is 1. The molecule has 0 fully saturated rings. The summed E-state index contributed by atoms with van der Waals surface area (Å²) in [7, 11) is 3.43. The Morgan fingerprint density at radius 2 is 1.85 bits per heavy atom. The topological polar surface area (TPSA) is 55.6 Å². The fourth-order valence-electron chi connectivity index (χ4n) is 2.32. The minimum Gasteiger partial charge on any atom is -0.468 e. The number of carbonyl (C=O) groups excluding carboxylic acids is 1. The molecule has 1 atom stereocenters. The van der Waals surface area contributed by atoms with Gasteiger partial charge >= 0.3 is 5.97 Å². The molecule has 0 aromatic heterocycles. The van der Waals surface area contributed by atoms with Crippen molar-refractivity contribution < 1.29 is 9.53 Å². The summed E-state index contributed by atoms with van der Waals surface area (Å²) < 4.78 is 4.71. The molecule has 2 N–H and O–H groups in total. The molecule has 0 aliphatic carbocycles. The minimum atomic E-state index is -0.905. The van der Waals surface area contributed by atoms with Crippen LogP contribution in [0.2, 0.25) is 0 Å². The van der Waals surface area contributed by atoms with Crippen molar-refractivity contribution in [3.8, 4) is 0 Å². The van der Waals surface area contributed by atoms with Crippen LogP contribution in [0.25, 0.3) is 0 Å². The van der Waals surface area contributed by atoms with Crippen molar-refractivity contribution in [1.82, 2.24) is 0 Å². The molecule has 1 unspecified atom stereocenters. The molecule has 20 heavy (non-hydrogen) atoms. The summed E-state index contributed by atoms with van der Waals surface area (Å²) in [6.45, 7) is 6.76. The van der Waals surface area contributed by atoms with Crippen molar-refractivity contribution in [2.24, 2.45) is 5.73 Å². The summed E-state index contributed by atoms with van der Waals surface area (Å²) in [6, 6.07) is 6.48. The molecule has 4 nitrogen and oxygen atoms in total. The molecule has 0 aliphatic rings. The van der Waals surface area contributed by atoms with Gasteiger partial charge in [-0.1, -0.05) is 6.07 Å². The summed E-state index contributed by atoms with van der Waals surface area (Å²) >= 11 is 0. The van der Waals surface area contributed by atoms with Gasteiger partial charge in [-0.05, 0) is 56.9 Å². The maximum atomic E-state index is 11.5. The van der Waals surface area contributed by atoms with E-state index in [0.29, 0.717) is 6.42 Å². The number of rotatable bonds is 6. The molecule has 0 amide bonds. The highest BCUT2D eigenvalue weighted by Crippen LogP contribution is 2.19. The van der Waals surface area contributed by atoms with Crippen molar-refractivity contribution in [2.75, 3.05) is 25.6 Å². The minimum absolute atomic E-state index is 0.355. The maximum absolute atomic E-state index is 11.5. The lowest BCUT2D eigenvalue weighted by Crippen LogP contribution is -2.46. The number of ether oxygens (including phenoxy) is 1. The highest BCUT2D eigenvalue weighted by atomic mass is 16.5. The third-order valence-electron chi connectivity index (χ3n) is 3.49. The first-order chi connectivity index (χ1) is 9.26. The summed E-state index contributed by atoms with van der Waals surface area (Å²) in [5.74, 6) is -0.355. The Morgan fingerprint density at radius 3 is 2.35 bits per heavy atom. The first-order valence-corrected chi connectivity index (χ1v) is 6.93. The fourth-order valence-corrected chi connectivity index (χ4v) is 2.32. The van der Waals surface area contributed by atoms with Gasteiger partial charge in [0.1, 0.15) is 5.54 Å². The number of benzene rings is 1. The number of aryl methyl sites for hydroxylation is 2. The van der Waals surface area contributed by atoms with Crippen LogP contribution >= 0.6 is 0 Å². The normalized spacial score (nSPS) is 13.7. The van der Waals surface area contributed by atoms with Crippen LogP contribution < -0.4 is 10.6 Å². The van der Waals surface area contributed by atoms with Crippen LogP contribution in [0, 0.1) is 13.8 Å². The largest absolute Gasteiger partial charge is 0.468 e. The van der Waals surface area contributed by atoms with E-state index in [4.69, 9.17) is 10.5 Å². The average molecular weight is 278 g/mol. The molecule has 0 bridgehead atoms. The Balaban J connectivity index is 2.55. The summed E-state index contributed by atoms with van der Waals surface area (Å²) in [5.41, 5.74) is 8.75. The summed E-state index contributed by atoms with van der Waals surface area (Å²) in [5, 5.41) is 0. The predicted octanol–water partition coefficient (Wildman–Crippen LogP) is 2.41. The molecule has 0 spiro atoms. The molecular weight excluding hydrogens is 252 g/mol. The van der Waals surface area contributed by atoms with E-state index in [1.165, 1.54) is 23.9 Å². The highest BCUT2D eigenvalue weighted by molar-refractivity contribution is 5.79. The van der Waals surface area contributed by atoms with Gasteiger partial charge in [-0.2, -0.15) is 0 Å². The standard InChI is InChI=1S/C16H26N2O2/c1-12-9-13(2)11-14(10-12)18(4)8-6-7-16(3,17)15(19)20-5/h9-11H,6-8,17H2,1-5H3. The number of esters is 1. The Bertz CT molecular complexity index is 449. The lowest BCUT2D eigenvalue weighted by Gasteiger charge is -2.24. The zero-order valence-corrected chi connectivity index (χ0v) is 13.2. The van der Waals surface area contributed by atoms with Gasteiger partial charge in [0, 0.05) is 19.3 Å². The Morgan fingerprint density at radius 1 is 1.30 bits per heavy atom. The zero-order chi connectivity index (χ0) is 15.3. The molecule has 0 saturated carbocycles. The monoisotopic (exact) mass is 278 g/mol. The maximum Gasteiger partial charge on any atom is 0.325 e. The number of nitrogens with two attached hydrogens (primary N) is 1. The molecule has 0 heterocycles. The van der Waals surface area contributed by atoms with E-state index in [9.17, 15) is 4.79 Å². The number of carbonyl (C=O) groups is 1. The lowest BCUT2D eigenvalue weighted by molar-refractivity contribution is -0.146. The molecular formula is C16H26N2O2. The molecule has 0 saturated heterocycles. The fraction of sp³-hybridized carbons (Fsp3) is 0.562. The smallest absolute Gasteiger partial charge is 0.325 e. The molecule has 1 aromatic rings. The third-order valence-corrected chi connectivity index (χ3v) is 3.49. The first-order valence-electron chi connectivity index (χ1n) is 6.93. The first kappa shape index (κ1) is 16.5. The molecule has 0 aliphatic heterocycles. The van der Waals surface area contributed by atoms with Crippen molar-refractivity contribution in [2.45, 2.75) is 39.2 Å². The third kappa shape index (κ3) is 4.53.